The summed E-state index contributed by atoms with van der Waals surface area (Å²) in [6.07, 6.45) is 4.40. The maximum atomic E-state index is 12.1. The Hall–Kier alpha value is -2.42. The number of rotatable bonds is 6. The molecule has 0 spiro atoms. The van der Waals surface area contributed by atoms with Gasteiger partial charge in [0, 0.05) is 19.7 Å². The van der Waals surface area contributed by atoms with Crippen LogP contribution >= 0.6 is 15.9 Å². The van der Waals surface area contributed by atoms with Crippen molar-refractivity contribution in [3.05, 3.63) is 50.4 Å². The quantitative estimate of drug-likeness (QED) is 0.434. The van der Waals surface area contributed by atoms with Crippen LogP contribution in [0.3, 0.4) is 0 Å². The lowest BCUT2D eigenvalue weighted by Crippen LogP contribution is -2.25. The number of carbonyl (C=O) groups excluding carboxylic acids is 1. The van der Waals surface area contributed by atoms with E-state index in [1.165, 1.54) is 29.2 Å². The van der Waals surface area contributed by atoms with Crippen LogP contribution in [-0.2, 0) is 17.9 Å². The molecule has 0 fully saturated rings. The molecule has 0 aliphatic heterocycles. The van der Waals surface area contributed by atoms with E-state index in [9.17, 15) is 14.9 Å². The number of nitrogens with zero attached hydrogens (tertiary/aromatic N) is 4. The number of likely N-dealkylation sites (N-methyl/N-ethyl adjacent to an activating group) is 1. The van der Waals surface area contributed by atoms with Crippen LogP contribution in [0.4, 0.5) is 5.88 Å². The lowest BCUT2D eigenvalue weighted by Gasteiger charge is -2.16. The molecule has 0 saturated heterocycles. The molecule has 0 radical (unpaired) electrons. The van der Waals surface area contributed by atoms with Crippen molar-refractivity contribution in [3.63, 3.8) is 0 Å². The largest absolute Gasteiger partial charge is 0.433 e. The van der Waals surface area contributed by atoms with Crippen LogP contribution in [-0.4, -0.2) is 32.6 Å². The fraction of sp³-hybridized carbons (Fsp3) is 0.286. The number of hydrogen-bond donors (Lipinski definition) is 0. The maximum absolute atomic E-state index is 12.1. The minimum Gasteiger partial charge on any atom is -0.401 e. The summed E-state index contributed by atoms with van der Waals surface area (Å²) in [5, 5.41) is 14.7. The van der Waals surface area contributed by atoms with Gasteiger partial charge in [-0.2, -0.15) is 5.10 Å². The minimum atomic E-state index is -0.630. The summed E-state index contributed by atoms with van der Waals surface area (Å²) in [6, 6.07) is 2.68. The molecule has 1 amide bonds. The molecule has 0 aliphatic rings. The summed E-state index contributed by atoms with van der Waals surface area (Å²) in [5.74, 6) is -0.362. The van der Waals surface area contributed by atoms with Crippen molar-refractivity contribution in [3.8, 4) is 0 Å². The van der Waals surface area contributed by atoms with E-state index < -0.39 is 4.92 Å². The first-order valence-electron chi connectivity index (χ1n) is 6.80. The Morgan fingerprint density at radius 3 is 2.91 bits per heavy atom. The average Bonchev–Trinajstić information content (AvgIpc) is 3.12. The van der Waals surface area contributed by atoms with Gasteiger partial charge in [-0.25, -0.2) is 0 Å². The third kappa shape index (κ3) is 4.07. The second kappa shape index (κ2) is 7.23. The predicted molar refractivity (Wildman–Crippen MR) is 86.5 cm³/mol. The molecule has 0 unspecified atom stereocenters. The Kier molecular flexibility index (Phi) is 5.32. The van der Waals surface area contributed by atoms with E-state index in [-0.39, 0.29) is 17.6 Å². The molecule has 122 valence electrons. The summed E-state index contributed by atoms with van der Waals surface area (Å²) < 4.78 is 7.60. The van der Waals surface area contributed by atoms with Gasteiger partial charge < -0.3 is 9.32 Å². The van der Waals surface area contributed by atoms with E-state index in [2.05, 4.69) is 21.0 Å². The first-order valence-corrected chi connectivity index (χ1v) is 7.59. The number of aryl methyl sites for hydroxylation is 1. The molecule has 9 heteroatoms. The molecule has 2 aromatic heterocycles. The Labute approximate surface area is 140 Å². The standard InChI is InChI=1S/C14H15BrN4O4/c1-3-18-12(11(15)8-16-18)9-17(2)13(20)6-4-10-5-7-14(23-10)19(21)22/h4-8H,3,9H2,1-2H3/b6-4+. The summed E-state index contributed by atoms with van der Waals surface area (Å²) in [5.41, 5.74) is 0.894. The molecule has 2 aromatic rings. The highest BCUT2D eigenvalue weighted by Crippen LogP contribution is 2.19. The van der Waals surface area contributed by atoms with Crippen molar-refractivity contribution in [1.29, 1.82) is 0 Å². The van der Waals surface area contributed by atoms with Gasteiger partial charge in [-0.05, 0) is 35.0 Å². The number of hydrogen-bond acceptors (Lipinski definition) is 5. The molecule has 23 heavy (non-hydrogen) atoms. The van der Waals surface area contributed by atoms with Crippen LogP contribution < -0.4 is 0 Å². The molecule has 0 bridgehead atoms. The number of nitro groups is 1. The molecular weight excluding hydrogens is 368 g/mol. The van der Waals surface area contributed by atoms with Gasteiger partial charge in [0.05, 0.1) is 29.0 Å². The Morgan fingerprint density at radius 2 is 2.30 bits per heavy atom. The highest BCUT2D eigenvalue weighted by atomic mass is 79.9. The Balaban J connectivity index is 2.03. The summed E-state index contributed by atoms with van der Waals surface area (Å²) in [6.45, 7) is 3.05. The smallest absolute Gasteiger partial charge is 0.401 e. The van der Waals surface area contributed by atoms with E-state index in [4.69, 9.17) is 4.42 Å². The second-order valence-corrected chi connectivity index (χ2v) is 5.57. The molecule has 8 nitrogen and oxygen atoms in total. The van der Waals surface area contributed by atoms with E-state index in [1.54, 1.807) is 17.9 Å². The van der Waals surface area contributed by atoms with Crippen LogP contribution in [0.5, 0.6) is 0 Å². The zero-order valence-electron chi connectivity index (χ0n) is 12.6. The number of halogens is 1. The highest BCUT2D eigenvalue weighted by Gasteiger charge is 2.14. The first-order chi connectivity index (χ1) is 10.9. The SMILES string of the molecule is CCn1ncc(Br)c1CN(C)C(=O)/C=C/c1ccc([N+](=O)[O-])o1. The topological polar surface area (TPSA) is 94.4 Å². The molecule has 2 heterocycles. The Bertz CT molecular complexity index is 750. The summed E-state index contributed by atoms with van der Waals surface area (Å²) in [7, 11) is 1.66. The Morgan fingerprint density at radius 1 is 1.57 bits per heavy atom. The van der Waals surface area contributed by atoms with E-state index >= 15 is 0 Å². The molecule has 0 aromatic carbocycles. The number of carbonyl (C=O) groups is 1. The number of amides is 1. The zero-order valence-corrected chi connectivity index (χ0v) is 14.2. The first kappa shape index (κ1) is 16.9. The fourth-order valence-corrected chi connectivity index (χ4v) is 2.35. The van der Waals surface area contributed by atoms with Gasteiger partial charge in [0.25, 0.3) is 0 Å². The van der Waals surface area contributed by atoms with Crippen molar-refractivity contribution >= 4 is 33.8 Å². The van der Waals surface area contributed by atoms with Crippen LogP contribution in [0.2, 0.25) is 0 Å². The highest BCUT2D eigenvalue weighted by molar-refractivity contribution is 9.10. The second-order valence-electron chi connectivity index (χ2n) is 4.72. The van der Waals surface area contributed by atoms with Gasteiger partial charge in [0.15, 0.2) is 0 Å². The monoisotopic (exact) mass is 382 g/mol. The van der Waals surface area contributed by atoms with Gasteiger partial charge in [-0.1, -0.05) is 0 Å². The summed E-state index contributed by atoms with van der Waals surface area (Å²) >= 11 is 3.41. The van der Waals surface area contributed by atoms with Crippen molar-refractivity contribution in [1.82, 2.24) is 14.7 Å². The van der Waals surface area contributed by atoms with E-state index in [0.717, 1.165) is 10.2 Å². The van der Waals surface area contributed by atoms with Crippen LogP contribution in [0, 0.1) is 10.1 Å². The van der Waals surface area contributed by atoms with Gasteiger partial charge in [0.1, 0.15) is 10.7 Å². The van der Waals surface area contributed by atoms with Gasteiger partial charge in [0.2, 0.25) is 5.91 Å². The minimum absolute atomic E-state index is 0.248. The van der Waals surface area contributed by atoms with Gasteiger partial charge >= 0.3 is 5.88 Å². The third-order valence-corrected chi connectivity index (χ3v) is 3.81. The molecule has 0 saturated carbocycles. The van der Waals surface area contributed by atoms with E-state index in [1.807, 2.05) is 6.92 Å². The fourth-order valence-electron chi connectivity index (χ4n) is 1.93. The van der Waals surface area contributed by atoms with Crippen molar-refractivity contribution in [2.75, 3.05) is 7.05 Å². The third-order valence-electron chi connectivity index (χ3n) is 3.14. The predicted octanol–water partition coefficient (Wildman–Crippen LogP) is 2.84. The van der Waals surface area contributed by atoms with Crippen molar-refractivity contribution < 1.29 is 14.1 Å². The van der Waals surface area contributed by atoms with Crippen molar-refractivity contribution in [2.24, 2.45) is 0 Å². The van der Waals surface area contributed by atoms with Crippen LogP contribution in [0.1, 0.15) is 18.4 Å². The molecule has 2 rings (SSSR count). The molecular formula is C14H15BrN4O4. The van der Waals surface area contributed by atoms with Crippen LogP contribution in [0.25, 0.3) is 6.08 Å². The maximum Gasteiger partial charge on any atom is 0.433 e. The van der Waals surface area contributed by atoms with Gasteiger partial charge in [-0.15, -0.1) is 0 Å². The average molecular weight is 383 g/mol. The van der Waals surface area contributed by atoms with Crippen molar-refractivity contribution in [2.45, 2.75) is 20.0 Å². The normalized spacial score (nSPS) is 11.1. The van der Waals surface area contributed by atoms with E-state index in [0.29, 0.717) is 13.1 Å². The van der Waals surface area contributed by atoms with Gasteiger partial charge in [-0.3, -0.25) is 19.6 Å². The van der Waals surface area contributed by atoms with Crippen LogP contribution in [0.15, 0.2) is 33.3 Å². The number of aromatic nitrogens is 2. The summed E-state index contributed by atoms with van der Waals surface area (Å²) in [4.78, 5) is 23.5. The number of furan rings is 1. The molecule has 0 aliphatic carbocycles. The zero-order chi connectivity index (χ0) is 17.0. The molecule has 0 N–H and O–H groups in total. The lowest BCUT2D eigenvalue weighted by atomic mass is 10.3. The molecule has 0 atom stereocenters. The lowest BCUT2D eigenvalue weighted by molar-refractivity contribution is -0.402.